The van der Waals surface area contributed by atoms with Gasteiger partial charge in [-0.3, -0.25) is 0 Å². The smallest absolute Gasteiger partial charge is 0.0102 e. The van der Waals surface area contributed by atoms with Crippen LogP contribution in [0.4, 0.5) is 0 Å². The zero-order valence-corrected chi connectivity index (χ0v) is 6.29. The summed E-state index contributed by atoms with van der Waals surface area (Å²) in [6, 6.07) is 0.509. The number of rotatable bonds is 0. The van der Waals surface area contributed by atoms with E-state index in [-0.39, 0.29) is 0 Å². The Morgan fingerprint density at radius 2 is 1.50 bits per heavy atom. The van der Waals surface area contributed by atoms with Gasteiger partial charge in [-0.2, -0.15) is 0 Å². The van der Waals surface area contributed by atoms with Crippen molar-refractivity contribution >= 4 is 0 Å². The first-order valence-corrected chi connectivity index (χ1v) is 4.28. The van der Waals surface area contributed by atoms with Crippen LogP contribution in [-0.2, 0) is 0 Å². The average molecular weight is 137 g/mol. The van der Waals surface area contributed by atoms with Crippen LogP contribution in [0.2, 0.25) is 0 Å². The highest BCUT2D eigenvalue weighted by molar-refractivity contribution is 5.00. The minimum atomic E-state index is 0.509. The molecule has 2 bridgehead atoms. The zero-order chi connectivity index (χ0) is 6.97. The predicted octanol–water partition coefficient (Wildman–Crippen LogP) is 1.69. The Hall–Kier alpha value is -0.300. The van der Waals surface area contributed by atoms with Gasteiger partial charge in [-0.05, 0) is 37.5 Å². The van der Waals surface area contributed by atoms with Gasteiger partial charge in [-0.15, -0.1) is 0 Å². The van der Waals surface area contributed by atoms with E-state index in [2.05, 4.69) is 12.2 Å². The van der Waals surface area contributed by atoms with Gasteiger partial charge in [-0.25, -0.2) is 0 Å². The van der Waals surface area contributed by atoms with Gasteiger partial charge >= 0.3 is 0 Å². The topological polar surface area (TPSA) is 26.0 Å². The van der Waals surface area contributed by atoms with Gasteiger partial charge in [0.15, 0.2) is 0 Å². The van der Waals surface area contributed by atoms with E-state index in [1.165, 1.54) is 25.7 Å². The highest BCUT2D eigenvalue weighted by atomic mass is 14.7. The summed E-state index contributed by atoms with van der Waals surface area (Å²) in [5.41, 5.74) is 6.04. The number of hydrogen-bond donors (Lipinski definition) is 1. The molecule has 0 aromatic heterocycles. The molecule has 0 amide bonds. The summed E-state index contributed by atoms with van der Waals surface area (Å²) in [5.74, 6) is 1.62. The fourth-order valence-corrected chi connectivity index (χ4v) is 2.29. The van der Waals surface area contributed by atoms with Crippen molar-refractivity contribution in [2.45, 2.75) is 31.7 Å². The van der Waals surface area contributed by atoms with Crippen LogP contribution >= 0.6 is 0 Å². The molecule has 1 heteroatoms. The van der Waals surface area contributed by atoms with Crippen molar-refractivity contribution in [3.8, 4) is 0 Å². The lowest BCUT2D eigenvalue weighted by molar-refractivity contribution is 0.425. The molecule has 2 N–H and O–H groups in total. The molecule has 2 aliphatic rings. The molecule has 1 saturated carbocycles. The van der Waals surface area contributed by atoms with Crippen LogP contribution in [0.5, 0.6) is 0 Å². The zero-order valence-electron chi connectivity index (χ0n) is 6.29. The lowest BCUT2D eigenvalue weighted by atomic mass is 9.97. The molecule has 56 valence electrons. The molecule has 10 heavy (non-hydrogen) atoms. The van der Waals surface area contributed by atoms with E-state index < -0.39 is 0 Å². The van der Waals surface area contributed by atoms with Gasteiger partial charge in [0.2, 0.25) is 0 Å². The summed E-state index contributed by atoms with van der Waals surface area (Å²) < 4.78 is 0. The third kappa shape index (κ3) is 0.891. The van der Waals surface area contributed by atoms with Crippen LogP contribution in [0.25, 0.3) is 0 Å². The lowest BCUT2D eigenvalue weighted by Crippen LogP contribution is -2.29. The van der Waals surface area contributed by atoms with Gasteiger partial charge in [-0.1, -0.05) is 12.2 Å². The Labute approximate surface area is 62.3 Å². The third-order valence-electron chi connectivity index (χ3n) is 3.04. The summed E-state index contributed by atoms with van der Waals surface area (Å²) in [5, 5.41) is 0. The monoisotopic (exact) mass is 137 g/mol. The van der Waals surface area contributed by atoms with Crippen molar-refractivity contribution in [2.75, 3.05) is 0 Å². The highest BCUT2D eigenvalue weighted by Crippen LogP contribution is 2.36. The minimum Gasteiger partial charge on any atom is -0.327 e. The van der Waals surface area contributed by atoms with E-state index in [1.807, 2.05) is 0 Å². The molecule has 0 aliphatic heterocycles. The Bertz CT molecular complexity index is 135. The highest BCUT2D eigenvalue weighted by Gasteiger charge is 2.32. The van der Waals surface area contributed by atoms with Crippen molar-refractivity contribution in [3.05, 3.63) is 12.2 Å². The first kappa shape index (κ1) is 6.41. The summed E-state index contributed by atoms with van der Waals surface area (Å²) >= 11 is 0. The number of hydrogen-bond acceptors (Lipinski definition) is 1. The molecule has 1 fully saturated rings. The lowest BCUT2D eigenvalue weighted by Gasteiger charge is -2.15. The van der Waals surface area contributed by atoms with E-state index >= 15 is 0 Å². The Morgan fingerprint density at radius 1 is 1.00 bits per heavy atom. The van der Waals surface area contributed by atoms with E-state index in [1.54, 1.807) is 0 Å². The van der Waals surface area contributed by atoms with Crippen LogP contribution < -0.4 is 5.73 Å². The van der Waals surface area contributed by atoms with Crippen LogP contribution in [0.1, 0.15) is 25.7 Å². The van der Waals surface area contributed by atoms with E-state index in [0.29, 0.717) is 6.04 Å². The van der Waals surface area contributed by atoms with E-state index in [0.717, 1.165) is 11.8 Å². The second-order valence-electron chi connectivity index (χ2n) is 3.62. The van der Waals surface area contributed by atoms with Crippen molar-refractivity contribution in [3.63, 3.8) is 0 Å². The third-order valence-corrected chi connectivity index (χ3v) is 3.04. The van der Waals surface area contributed by atoms with Crippen molar-refractivity contribution in [1.29, 1.82) is 0 Å². The van der Waals surface area contributed by atoms with Gasteiger partial charge in [0.05, 0.1) is 0 Å². The van der Waals surface area contributed by atoms with E-state index in [4.69, 9.17) is 5.73 Å². The van der Waals surface area contributed by atoms with Crippen molar-refractivity contribution < 1.29 is 0 Å². The number of nitrogens with two attached hydrogens (primary N) is 1. The molecule has 2 unspecified atom stereocenters. The second kappa shape index (κ2) is 2.39. The van der Waals surface area contributed by atoms with Crippen molar-refractivity contribution in [2.24, 2.45) is 17.6 Å². The molecule has 0 radical (unpaired) electrons. The molecule has 0 aromatic rings. The van der Waals surface area contributed by atoms with E-state index in [9.17, 15) is 0 Å². The van der Waals surface area contributed by atoms with Gasteiger partial charge < -0.3 is 5.73 Å². The summed E-state index contributed by atoms with van der Waals surface area (Å²) in [4.78, 5) is 0. The summed E-state index contributed by atoms with van der Waals surface area (Å²) in [6.07, 6.45) is 9.83. The fraction of sp³-hybridized carbons (Fsp3) is 0.778. The maximum Gasteiger partial charge on any atom is 0.0102 e. The van der Waals surface area contributed by atoms with Crippen LogP contribution in [0, 0.1) is 11.8 Å². The van der Waals surface area contributed by atoms with Crippen LogP contribution in [0.15, 0.2) is 12.2 Å². The molecule has 2 rings (SSSR count). The SMILES string of the molecule is NC1C2CC=CCC1CC2. The van der Waals surface area contributed by atoms with Crippen LogP contribution in [0.3, 0.4) is 0 Å². The van der Waals surface area contributed by atoms with Gasteiger partial charge in [0.25, 0.3) is 0 Å². The predicted molar refractivity (Wildman–Crippen MR) is 42.6 cm³/mol. The molecule has 0 aromatic carbocycles. The standard InChI is InChI=1S/C9H15N/c10-9-7-3-1-2-4-8(9)6-5-7/h1-2,7-9H,3-6,10H2. The fourth-order valence-electron chi connectivity index (χ4n) is 2.29. The van der Waals surface area contributed by atoms with Crippen molar-refractivity contribution in [1.82, 2.24) is 0 Å². The maximum atomic E-state index is 6.04. The molecule has 0 heterocycles. The van der Waals surface area contributed by atoms with Crippen LogP contribution in [-0.4, -0.2) is 6.04 Å². The average Bonchev–Trinajstić information content (AvgIpc) is 2.06. The first-order chi connectivity index (χ1) is 4.88. The van der Waals surface area contributed by atoms with Gasteiger partial charge in [0, 0.05) is 6.04 Å². The quantitative estimate of drug-likeness (QED) is 0.505. The molecule has 0 saturated heterocycles. The largest absolute Gasteiger partial charge is 0.327 e. The molecular weight excluding hydrogens is 122 g/mol. The summed E-state index contributed by atoms with van der Waals surface area (Å²) in [6.45, 7) is 0. The Balaban J connectivity index is 2.15. The second-order valence-corrected chi connectivity index (χ2v) is 3.62. The maximum absolute atomic E-state index is 6.04. The molecule has 2 atom stereocenters. The summed E-state index contributed by atoms with van der Waals surface area (Å²) in [7, 11) is 0. The molecular formula is C9H15N. The minimum absolute atomic E-state index is 0.509. The molecule has 2 aliphatic carbocycles. The number of fused-ring (bicyclic) bond motifs is 2. The molecule has 0 spiro atoms. The number of allylic oxidation sites excluding steroid dienone is 2. The molecule has 1 nitrogen and oxygen atoms in total. The normalized spacial score (nSPS) is 45.5. The Kier molecular flexibility index (Phi) is 1.53. The van der Waals surface area contributed by atoms with Gasteiger partial charge in [0.1, 0.15) is 0 Å². The first-order valence-electron chi connectivity index (χ1n) is 4.28. The Morgan fingerprint density at radius 3 is 2.00 bits per heavy atom.